The molecule has 1 aromatic carbocycles. The van der Waals surface area contributed by atoms with E-state index in [-0.39, 0.29) is 17.8 Å². The second kappa shape index (κ2) is 6.37. The first kappa shape index (κ1) is 16.3. The third-order valence-electron chi connectivity index (χ3n) is 4.71. The highest BCUT2D eigenvalue weighted by Gasteiger charge is 2.32. The number of nitrogens with one attached hydrogen (secondary N) is 1. The molecule has 0 aliphatic carbocycles. The van der Waals surface area contributed by atoms with Crippen molar-refractivity contribution in [1.82, 2.24) is 49.6 Å². The molecule has 0 fully saturated rings. The van der Waals surface area contributed by atoms with Crippen LogP contribution in [0.3, 0.4) is 0 Å². The third-order valence-corrected chi connectivity index (χ3v) is 4.71. The Kier molecular flexibility index (Phi) is 3.71. The van der Waals surface area contributed by atoms with Gasteiger partial charge >= 0.3 is 0 Å². The highest BCUT2D eigenvalue weighted by molar-refractivity contribution is 5.90. The molecule has 0 saturated heterocycles. The summed E-state index contributed by atoms with van der Waals surface area (Å²) in [5.41, 5.74) is 0.947. The molecule has 0 bridgehead atoms. The maximum Gasteiger partial charge on any atom is 0.291 e. The summed E-state index contributed by atoms with van der Waals surface area (Å²) in [6.07, 6.45) is 2.93. The van der Waals surface area contributed by atoms with Crippen LogP contribution in [0.2, 0.25) is 0 Å². The summed E-state index contributed by atoms with van der Waals surface area (Å²) in [6.45, 7) is 3.01. The molecule has 11 heteroatoms. The monoisotopic (exact) mass is 376 g/mol. The number of hydrogen-bond acceptors (Lipinski definition) is 7. The van der Waals surface area contributed by atoms with Crippen molar-refractivity contribution >= 4 is 5.91 Å². The number of H-pyrrole nitrogens is 1. The zero-order chi connectivity index (χ0) is 19.1. The van der Waals surface area contributed by atoms with Gasteiger partial charge in [-0.3, -0.25) is 14.5 Å². The van der Waals surface area contributed by atoms with Crippen LogP contribution in [-0.2, 0) is 6.54 Å². The van der Waals surface area contributed by atoms with E-state index in [2.05, 4.69) is 35.5 Å². The van der Waals surface area contributed by atoms with Gasteiger partial charge in [-0.1, -0.05) is 30.3 Å². The van der Waals surface area contributed by atoms with Crippen molar-refractivity contribution in [2.75, 3.05) is 6.54 Å². The van der Waals surface area contributed by atoms with Crippen molar-refractivity contribution < 1.29 is 4.79 Å². The van der Waals surface area contributed by atoms with E-state index in [1.807, 2.05) is 41.9 Å². The van der Waals surface area contributed by atoms with Crippen molar-refractivity contribution in [2.24, 2.45) is 0 Å². The molecule has 140 valence electrons. The van der Waals surface area contributed by atoms with E-state index in [9.17, 15) is 4.79 Å². The predicted molar refractivity (Wildman–Crippen MR) is 96.2 cm³/mol. The van der Waals surface area contributed by atoms with Crippen molar-refractivity contribution in [3.05, 3.63) is 54.6 Å². The molecule has 4 heterocycles. The van der Waals surface area contributed by atoms with Gasteiger partial charge in [0.1, 0.15) is 18.5 Å². The van der Waals surface area contributed by atoms with Crippen LogP contribution in [-0.4, -0.2) is 62.1 Å². The summed E-state index contributed by atoms with van der Waals surface area (Å²) in [5.74, 6) is 1.64. The van der Waals surface area contributed by atoms with E-state index in [4.69, 9.17) is 0 Å². The fraction of sp³-hybridized carbons (Fsp3) is 0.235. The molecule has 1 amide bonds. The summed E-state index contributed by atoms with van der Waals surface area (Å²) in [7, 11) is 0. The van der Waals surface area contributed by atoms with E-state index < -0.39 is 0 Å². The Labute approximate surface area is 159 Å². The summed E-state index contributed by atoms with van der Waals surface area (Å²) < 4.78 is 3.38. The molecule has 1 atom stereocenters. The van der Waals surface area contributed by atoms with E-state index >= 15 is 0 Å². The van der Waals surface area contributed by atoms with Gasteiger partial charge in [0.05, 0.1) is 12.6 Å². The van der Waals surface area contributed by atoms with Crippen molar-refractivity contribution in [1.29, 1.82) is 0 Å². The van der Waals surface area contributed by atoms with Gasteiger partial charge in [0.2, 0.25) is 5.82 Å². The smallest absolute Gasteiger partial charge is 0.291 e. The Bertz CT molecular complexity index is 1110. The van der Waals surface area contributed by atoms with Gasteiger partial charge in [0.25, 0.3) is 11.9 Å². The van der Waals surface area contributed by atoms with E-state index in [0.29, 0.717) is 24.9 Å². The lowest BCUT2D eigenvalue weighted by atomic mass is 10.2. The minimum absolute atomic E-state index is 0.159. The van der Waals surface area contributed by atoms with Crippen LogP contribution in [0.4, 0.5) is 0 Å². The number of hydrogen-bond donors (Lipinski definition) is 1. The molecule has 0 unspecified atom stereocenters. The Balaban J connectivity index is 1.41. The van der Waals surface area contributed by atoms with E-state index in [1.54, 1.807) is 4.90 Å². The lowest BCUT2D eigenvalue weighted by Gasteiger charge is -2.32. The molecular formula is C17H16N10O. The van der Waals surface area contributed by atoms with Crippen LogP contribution in [0.1, 0.15) is 29.4 Å². The Hall–Kier alpha value is -3.89. The number of aromatic nitrogens is 9. The van der Waals surface area contributed by atoms with Crippen LogP contribution >= 0.6 is 0 Å². The maximum absolute atomic E-state index is 13.0. The van der Waals surface area contributed by atoms with Crippen LogP contribution in [0, 0.1) is 0 Å². The number of fused-ring (bicyclic) bond motifs is 1. The molecular weight excluding hydrogens is 360 g/mol. The number of carbonyl (C=O) groups excluding carboxylic acids is 1. The topological polar surface area (TPSA) is 123 Å². The van der Waals surface area contributed by atoms with Gasteiger partial charge in [0.15, 0.2) is 5.82 Å². The van der Waals surface area contributed by atoms with Gasteiger partial charge in [-0.15, -0.1) is 15.3 Å². The second-order valence-electron chi connectivity index (χ2n) is 6.41. The van der Waals surface area contributed by atoms with Gasteiger partial charge < -0.3 is 4.90 Å². The van der Waals surface area contributed by atoms with Crippen LogP contribution in [0.5, 0.6) is 0 Å². The maximum atomic E-state index is 13.0. The molecule has 0 spiro atoms. The summed E-state index contributed by atoms with van der Waals surface area (Å²) in [6, 6.07) is 9.55. The summed E-state index contributed by atoms with van der Waals surface area (Å²) >= 11 is 0. The summed E-state index contributed by atoms with van der Waals surface area (Å²) in [5, 5.41) is 18.8. The molecule has 11 nitrogen and oxygen atoms in total. The number of aromatic amines is 1. The van der Waals surface area contributed by atoms with Gasteiger partial charge in [0, 0.05) is 12.1 Å². The fourth-order valence-corrected chi connectivity index (χ4v) is 3.25. The van der Waals surface area contributed by atoms with Crippen molar-refractivity contribution in [2.45, 2.75) is 19.5 Å². The molecule has 1 aliphatic heterocycles. The normalized spacial score (nSPS) is 16.2. The molecule has 0 radical (unpaired) electrons. The minimum atomic E-state index is -0.241. The van der Waals surface area contributed by atoms with Gasteiger partial charge in [-0.2, -0.15) is 10.1 Å². The quantitative estimate of drug-likeness (QED) is 0.562. The van der Waals surface area contributed by atoms with Gasteiger partial charge in [-0.25, -0.2) is 9.67 Å². The van der Waals surface area contributed by atoms with E-state index in [0.717, 1.165) is 11.4 Å². The molecule has 0 saturated carbocycles. The fourth-order valence-electron chi connectivity index (χ4n) is 3.25. The van der Waals surface area contributed by atoms with E-state index in [1.165, 1.54) is 17.2 Å². The molecule has 1 N–H and O–H groups in total. The highest BCUT2D eigenvalue weighted by Crippen LogP contribution is 2.27. The number of amides is 1. The third kappa shape index (κ3) is 2.64. The van der Waals surface area contributed by atoms with Crippen LogP contribution in [0.25, 0.3) is 17.3 Å². The van der Waals surface area contributed by atoms with Crippen molar-refractivity contribution in [3.63, 3.8) is 0 Å². The first-order valence-electron chi connectivity index (χ1n) is 8.79. The average molecular weight is 376 g/mol. The molecule has 3 aromatic heterocycles. The number of carbonyl (C=O) groups is 1. The van der Waals surface area contributed by atoms with Crippen LogP contribution < -0.4 is 0 Å². The standard InChI is InChI=1S/C17H16N10O/c1-11-15-20-13(12-5-3-2-4-6-12)24-27(15)8-7-26(11)16(28)14-21-17(23-22-14)25-9-18-19-10-25/h2-6,9-11H,7-8H2,1H3,(H,21,22,23)/t11-/m0/s1. The zero-order valence-electron chi connectivity index (χ0n) is 15.0. The SMILES string of the molecule is C[C@H]1c2nc(-c3ccccc3)nn2CCN1C(=O)c1nc(-n2cnnc2)n[nH]1. The van der Waals surface area contributed by atoms with Crippen LogP contribution in [0.15, 0.2) is 43.0 Å². The van der Waals surface area contributed by atoms with Gasteiger partial charge in [-0.05, 0) is 6.92 Å². The van der Waals surface area contributed by atoms with Crippen molar-refractivity contribution in [3.8, 4) is 17.3 Å². The zero-order valence-corrected chi connectivity index (χ0v) is 15.0. The first-order valence-corrected chi connectivity index (χ1v) is 8.79. The Morgan fingerprint density at radius 3 is 2.68 bits per heavy atom. The lowest BCUT2D eigenvalue weighted by molar-refractivity contribution is 0.0618. The predicted octanol–water partition coefficient (Wildman–Crippen LogP) is 0.861. The highest BCUT2D eigenvalue weighted by atomic mass is 16.2. The number of rotatable bonds is 3. The minimum Gasteiger partial charge on any atom is -0.324 e. The molecule has 1 aliphatic rings. The number of benzene rings is 1. The Morgan fingerprint density at radius 2 is 1.89 bits per heavy atom. The molecule has 4 aromatic rings. The average Bonchev–Trinajstić information content (AvgIpc) is 3.48. The summed E-state index contributed by atoms with van der Waals surface area (Å²) in [4.78, 5) is 23.6. The largest absolute Gasteiger partial charge is 0.324 e. The molecule has 5 rings (SSSR count). The first-order chi connectivity index (χ1) is 13.7. The lowest BCUT2D eigenvalue weighted by Crippen LogP contribution is -2.42. The Morgan fingerprint density at radius 1 is 1.11 bits per heavy atom. The molecule has 28 heavy (non-hydrogen) atoms. The number of nitrogens with zero attached hydrogens (tertiary/aromatic N) is 9. The second-order valence-corrected chi connectivity index (χ2v) is 6.41.